The van der Waals surface area contributed by atoms with Crippen molar-refractivity contribution < 1.29 is 19.7 Å². The maximum atomic E-state index is 12.1. The monoisotopic (exact) mass is 278 g/mol. The summed E-state index contributed by atoms with van der Waals surface area (Å²) in [6, 6.07) is 8.66. The van der Waals surface area contributed by atoms with Gasteiger partial charge in [0, 0.05) is 0 Å². The topological polar surface area (TPSA) is 66.8 Å². The van der Waals surface area contributed by atoms with Crippen LogP contribution in [0.25, 0.3) is 0 Å². The van der Waals surface area contributed by atoms with Gasteiger partial charge in [0.2, 0.25) is 0 Å². The van der Waals surface area contributed by atoms with E-state index >= 15 is 0 Å². The Labute approximate surface area is 119 Å². The van der Waals surface area contributed by atoms with E-state index in [0.717, 1.165) is 0 Å². The van der Waals surface area contributed by atoms with Gasteiger partial charge in [0.1, 0.15) is 11.7 Å². The van der Waals surface area contributed by atoms with Gasteiger partial charge in [-0.2, -0.15) is 0 Å². The Hall–Kier alpha value is -1.65. The van der Waals surface area contributed by atoms with Crippen LogP contribution < -0.4 is 0 Å². The van der Waals surface area contributed by atoms with Gasteiger partial charge in [-0.15, -0.1) is 0 Å². The molecule has 0 bridgehead atoms. The highest BCUT2D eigenvalue weighted by atomic mass is 16.6. The molecule has 1 rings (SSSR count). The van der Waals surface area contributed by atoms with Gasteiger partial charge in [0.25, 0.3) is 0 Å². The summed E-state index contributed by atoms with van der Waals surface area (Å²) in [5, 5.41) is 19.2. The molecule has 0 spiro atoms. The lowest BCUT2D eigenvalue weighted by Gasteiger charge is -2.32. The fourth-order valence-corrected chi connectivity index (χ4v) is 2.07. The van der Waals surface area contributed by atoms with Crippen LogP contribution in [-0.2, 0) is 4.74 Å². The molecule has 110 valence electrons. The van der Waals surface area contributed by atoms with E-state index in [2.05, 4.69) is 0 Å². The number of ether oxygens (including phenoxy) is 1. The lowest BCUT2D eigenvalue weighted by molar-refractivity contribution is -0.0673. The molecule has 0 fully saturated rings. The predicted octanol–water partition coefficient (Wildman–Crippen LogP) is 2.17. The first-order valence-electron chi connectivity index (χ1n) is 6.65. The van der Waals surface area contributed by atoms with E-state index in [-0.39, 0.29) is 12.5 Å². The lowest BCUT2D eigenvalue weighted by Crippen LogP contribution is -2.44. The van der Waals surface area contributed by atoms with Crippen LogP contribution in [0.4, 0.5) is 0 Å². The Morgan fingerprint density at radius 2 is 1.95 bits per heavy atom. The Bertz CT molecular complexity index is 449. The van der Waals surface area contributed by atoms with Gasteiger partial charge in [-0.3, -0.25) is 0 Å². The van der Waals surface area contributed by atoms with Gasteiger partial charge in [-0.05, 0) is 25.0 Å². The van der Waals surface area contributed by atoms with Crippen LogP contribution in [-0.4, -0.2) is 34.5 Å². The zero-order chi connectivity index (χ0) is 15.2. The van der Waals surface area contributed by atoms with E-state index in [1.54, 1.807) is 31.2 Å². The van der Waals surface area contributed by atoms with E-state index in [1.807, 2.05) is 19.9 Å². The molecule has 2 unspecified atom stereocenters. The zero-order valence-electron chi connectivity index (χ0n) is 12.1. The Morgan fingerprint density at radius 1 is 1.35 bits per heavy atom. The van der Waals surface area contributed by atoms with Gasteiger partial charge in [-0.1, -0.05) is 44.2 Å². The second kappa shape index (κ2) is 7.22. The number of aliphatic hydroxyl groups is 2. The summed E-state index contributed by atoms with van der Waals surface area (Å²) in [6.45, 7) is 5.12. The first kappa shape index (κ1) is 16.4. The van der Waals surface area contributed by atoms with Crippen LogP contribution in [0.15, 0.2) is 42.5 Å². The number of hydrogen-bond acceptors (Lipinski definition) is 4. The first-order chi connectivity index (χ1) is 9.38. The molecule has 1 aromatic carbocycles. The molecular weight excluding hydrogens is 256 g/mol. The minimum Gasteiger partial charge on any atom is -0.455 e. The Balaban J connectivity index is 2.88. The van der Waals surface area contributed by atoms with E-state index in [9.17, 15) is 9.90 Å². The number of benzene rings is 1. The fraction of sp³-hybridized carbons (Fsp3) is 0.438. The SMILES string of the molecule is CC(C)C(OC(=O)c1ccccc1)C(C)(O)/C=C/CO. The lowest BCUT2D eigenvalue weighted by atomic mass is 9.89. The van der Waals surface area contributed by atoms with E-state index in [0.29, 0.717) is 5.56 Å². The normalized spacial score (nSPS) is 16.1. The van der Waals surface area contributed by atoms with Crippen molar-refractivity contribution in [1.29, 1.82) is 0 Å². The molecule has 4 heteroatoms. The van der Waals surface area contributed by atoms with Gasteiger partial charge >= 0.3 is 5.97 Å². The highest BCUT2D eigenvalue weighted by Gasteiger charge is 2.35. The van der Waals surface area contributed by atoms with Crippen LogP contribution in [0.5, 0.6) is 0 Å². The van der Waals surface area contributed by atoms with Crippen LogP contribution >= 0.6 is 0 Å². The maximum absolute atomic E-state index is 12.1. The van der Waals surface area contributed by atoms with Crippen molar-refractivity contribution in [2.24, 2.45) is 5.92 Å². The van der Waals surface area contributed by atoms with Crippen molar-refractivity contribution in [1.82, 2.24) is 0 Å². The van der Waals surface area contributed by atoms with Gasteiger partial charge < -0.3 is 14.9 Å². The molecule has 0 amide bonds. The van der Waals surface area contributed by atoms with Crippen molar-refractivity contribution in [3.05, 3.63) is 48.0 Å². The molecule has 0 aliphatic rings. The van der Waals surface area contributed by atoms with Gasteiger partial charge in [-0.25, -0.2) is 4.79 Å². The van der Waals surface area contributed by atoms with Crippen molar-refractivity contribution >= 4 is 5.97 Å². The molecule has 2 atom stereocenters. The van der Waals surface area contributed by atoms with E-state index in [4.69, 9.17) is 9.84 Å². The third-order valence-electron chi connectivity index (χ3n) is 2.99. The molecular formula is C16H22O4. The molecule has 0 saturated carbocycles. The summed E-state index contributed by atoms with van der Waals surface area (Å²) < 4.78 is 5.44. The number of hydrogen-bond donors (Lipinski definition) is 2. The van der Waals surface area contributed by atoms with Gasteiger partial charge in [0.05, 0.1) is 12.2 Å². The Morgan fingerprint density at radius 3 is 2.45 bits per heavy atom. The van der Waals surface area contributed by atoms with Crippen molar-refractivity contribution in [2.45, 2.75) is 32.5 Å². The average molecular weight is 278 g/mol. The molecule has 0 aromatic heterocycles. The van der Waals surface area contributed by atoms with Crippen molar-refractivity contribution in [3.8, 4) is 0 Å². The quantitative estimate of drug-likeness (QED) is 0.618. The summed E-state index contributed by atoms with van der Waals surface area (Å²) in [7, 11) is 0. The fourth-order valence-electron chi connectivity index (χ4n) is 2.07. The van der Waals surface area contributed by atoms with E-state index in [1.165, 1.54) is 12.2 Å². The number of esters is 1. The largest absolute Gasteiger partial charge is 0.455 e. The van der Waals surface area contributed by atoms with Crippen molar-refractivity contribution in [3.63, 3.8) is 0 Å². The number of rotatable bonds is 6. The van der Waals surface area contributed by atoms with Crippen LogP contribution in [0.3, 0.4) is 0 Å². The number of carbonyl (C=O) groups excluding carboxylic acids is 1. The smallest absolute Gasteiger partial charge is 0.338 e. The highest BCUT2D eigenvalue weighted by Crippen LogP contribution is 2.23. The molecule has 0 heterocycles. The summed E-state index contributed by atoms with van der Waals surface area (Å²) in [5.41, 5.74) is -0.887. The molecule has 0 aliphatic heterocycles. The second-order valence-electron chi connectivity index (χ2n) is 5.25. The highest BCUT2D eigenvalue weighted by molar-refractivity contribution is 5.89. The summed E-state index contributed by atoms with van der Waals surface area (Å²) >= 11 is 0. The molecule has 0 aliphatic carbocycles. The number of aliphatic hydroxyl groups excluding tert-OH is 1. The van der Waals surface area contributed by atoms with Crippen LogP contribution in [0, 0.1) is 5.92 Å². The second-order valence-corrected chi connectivity index (χ2v) is 5.25. The van der Waals surface area contributed by atoms with E-state index < -0.39 is 17.7 Å². The molecule has 2 N–H and O–H groups in total. The molecule has 1 aromatic rings. The predicted molar refractivity (Wildman–Crippen MR) is 77.3 cm³/mol. The summed E-state index contributed by atoms with van der Waals surface area (Å²) in [4.78, 5) is 12.1. The first-order valence-corrected chi connectivity index (χ1v) is 6.65. The molecule has 4 nitrogen and oxygen atoms in total. The molecule has 0 saturated heterocycles. The molecule has 0 radical (unpaired) electrons. The summed E-state index contributed by atoms with van der Waals surface area (Å²) in [5.74, 6) is -0.539. The maximum Gasteiger partial charge on any atom is 0.338 e. The van der Waals surface area contributed by atoms with Crippen LogP contribution in [0.1, 0.15) is 31.1 Å². The van der Waals surface area contributed by atoms with Crippen LogP contribution in [0.2, 0.25) is 0 Å². The van der Waals surface area contributed by atoms with Crippen molar-refractivity contribution in [2.75, 3.05) is 6.61 Å². The zero-order valence-corrected chi connectivity index (χ0v) is 12.1. The number of carbonyl (C=O) groups is 1. The third-order valence-corrected chi connectivity index (χ3v) is 2.99. The third kappa shape index (κ3) is 4.47. The Kier molecular flexibility index (Phi) is 5.92. The summed E-state index contributed by atoms with van der Waals surface area (Å²) in [6.07, 6.45) is 2.19. The van der Waals surface area contributed by atoms with Gasteiger partial charge in [0.15, 0.2) is 0 Å². The molecule has 20 heavy (non-hydrogen) atoms. The minimum atomic E-state index is -1.33. The average Bonchev–Trinajstić information content (AvgIpc) is 2.42. The standard InChI is InChI=1S/C16H22O4/c1-12(2)14(16(3,19)10-7-11-17)20-15(18)13-8-5-4-6-9-13/h4-10,12,14,17,19H,11H2,1-3H3/b10-7+. The minimum absolute atomic E-state index is 0.0685.